The number of amides is 3. The predicted octanol–water partition coefficient (Wildman–Crippen LogP) is 3.34. The second kappa shape index (κ2) is 15.1. The monoisotopic (exact) mass is 566 g/mol. The minimum atomic E-state index is -0.334. The SMILES string of the molecule is C[C@H](NCCNC(=O)c1cc(C(=O)NCc2ccccc2)cc(N(C)SN2CCCCC2)c1)C(=O)NCC1CC1. The summed E-state index contributed by atoms with van der Waals surface area (Å²) in [5.41, 5.74) is 2.64. The molecule has 1 aliphatic carbocycles. The average molecular weight is 567 g/mol. The number of hydrogen-bond acceptors (Lipinski definition) is 7. The third kappa shape index (κ3) is 9.53. The summed E-state index contributed by atoms with van der Waals surface area (Å²) < 4.78 is 4.33. The Balaban J connectivity index is 1.37. The van der Waals surface area contributed by atoms with Crippen LogP contribution < -0.4 is 25.6 Å². The summed E-state index contributed by atoms with van der Waals surface area (Å²) in [6.45, 7) is 5.82. The molecule has 0 spiro atoms. The van der Waals surface area contributed by atoms with E-state index in [0.29, 0.717) is 36.7 Å². The number of carbonyl (C=O) groups excluding carboxylic acids is 3. The van der Waals surface area contributed by atoms with E-state index in [1.165, 1.54) is 32.1 Å². The van der Waals surface area contributed by atoms with Gasteiger partial charge in [0.2, 0.25) is 5.91 Å². The maximum atomic E-state index is 13.1. The summed E-state index contributed by atoms with van der Waals surface area (Å²) in [5, 5.41) is 12.0. The standard InChI is InChI=1S/C30H42N6O3S/c1-22(28(37)33-21-24-11-12-24)31-13-14-32-29(38)25-17-26(30(39)34-20-23-9-5-3-6-10-23)19-27(18-25)35(2)40-36-15-7-4-8-16-36/h3,5-6,9-10,17-19,22,24,31H,4,7-8,11-16,20-21H2,1-2H3,(H,32,38)(H,33,37)(H,34,39)/t22-/m0/s1. The van der Waals surface area contributed by atoms with Gasteiger partial charge in [0.1, 0.15) is 0 Å². The Morgan fingerprint density at radius 1 is 0.925 bits per heavy atom. The molecule has 40 heavy (non-hydrogen) atoms. The number of nitrogens with one attached hydrogen (secondary N) is 4. The van der Waals surface area contributed by atoms with Gasteiger partial charge in [0.25, 0.3) is 11.8 Å². The van der Waals surface area contributed by atoms with Crippen molar-refractivity contribution in [2.24, 2.45) is 5.92 Å². The quantitative estimate of drug-likeness (QED) is 0.205. The first kappa shape index (κ1) is 29.9. The second-order valence-corrected chi connectivity index (χ2v) is 11.9. The summed E-state index contributed by atoms with van der Waals surface area (Å²) in [6, 6.07) is 14.7. The van der Waals surface area contributed by atoms with Crippen molar-refractivity contribution in [3.8, 4) is 0 Å². The van der Waals surface area contributed by atoms with Crippen molar-refractivity contribution in [2.45, 2.75) is 51.6 Å². The smallest absolute Gasteiger partial charge is 0.251 e. The van der Waals surface area contributed by atoms with Gasteiger partial charge in [-0.2, -0.15) is 0 Å². The van der Waals surface area contributed by atoms with E-state index < -0.39 is 0 Å². The average Bonchev–Trinajstić information content (AvgIpc) is 3.82. The lowest BCUT2D eigenvalue weighted by atomic mass is 10.1. The molecule has 2 aliphatic rings. The summed E-state index contributed by atoms with van der Waals surface area (Å²) in [5.74, 6) is 0.118. The maximum absolute atomic E-state index is 13.1. The third-order valence-corrected chi connectivity index (χ3v) is 8.22. The number of anilines is 1. The lowest BCUT2D eigenvalue weighted by molar-refractivity contribution is -0.122. The number of benzene rings is 2. The molecule has 4 rings (SSSR count). The normalized spacial score (nSPS) is 16.1. The topological polar surface area (TPSA) is 106 Å². The first-order valence-electron chi connectivity index (χ1n) is 14.3. The number of hydrogen-bond donors (Lipinski definition) is 4. The Morgan fingerprint density at radius 3 is 2.27 bits per heavy atom. The van der Waals surface area contributed by atoms with E-state index in [1.54, 1.807) is 18.2 Å². The van der Waals surface area contributed by atoms with Crippen molar-refractivity contribution in [2.75, 3.05) is 44.1 Å². The molecule has 1 saturated heterocycles. The van der Waals surface area contributed by atoms with Crippen LogP contribution in [0.5, 0.6) is 0 Å². The van der Waals surface area contributed by atoms with E-state index in [2.05, 4.69) is 25.6 Å². The molecule has 9 nitrogen and oxygen atoms in total. The molecule has 0 aromatic heterocycles. The van der Waals surface area contributed by atoms with Crippen LogP contribution in [-0.4, -0.2) is 67.8 Å². The highest BCUT2D eigenvalue weighted by Gasteiger charge is 2.23. The van der Waals surface area contributed by atoms with Gasteiger partial charge in [-0.1, -0.05) is 36.8 Å². The lowest BCUT2D eigenvalue weighted by Crippen LogP contribution is -2.45. The zero-order valence-electron chi connectivity index (χ0n) is 23.6. The third-order valence-electron chi connectivity index (χ3n) is 7.17. The molecule has 3 amide bonds. The summed E-state index contributed by atoms with van der Waals surface area (Å²) in [4.78, 5) is 38.5. The summed E-state index contributed by atoms with van der Waals surface area (Å²) in [6.07, 6.45) is 5.98. The minimum Gasteiger partial charge on any atom is -0.354 e. The molecule has 2 aromatic rings. The number of nitrogens with zero attached hydrogens (tertiary/aromatic N) is 2. The van der Waals surface area contributed by atoms with E-state index in [0.717, 1.165) is 30.9 Å². The Labute approximate surface area is 242 Å². The molecule has 1 saturated carbocycles. The molecule has 216 valence electrons. The number of rotatable bonds is 14. The maximum Gasteiger partial charge on any atom is 0.251 e. The van der Waals surface area contributed by atoms with Crippen LogP contribution in [0.3, 0.4) is 0 Å². The Bertz CT molecular complexity index is 1140. The van der Waals surface area contributed by atoms with Crippen molar-refractivity contribution in [3.05, 3.63) is 65.2 Å². The highest BCUT2D eigenvalue weighted by atomic mass is 32.2. The van der Waals surface area contributed by atoms with Crippen molar-refractivity contribution in [1.29, 1.82) is 0 Å². The van der Waals surface area contributed by atoms with Gasteiger partial charge in [-0.05, 0) is 62.3 Å². The molecule has 2 fully saturated rings. The molecule has 1 aliphatic heterocycles. The first-order chi connectivity index (χ1) is 19.4. The van der Waals surface area contributed by atoms with E-state index in [1.807, 2.05) is 60.7 Å². The molecule has 0 bridgehead atoms. The van der Waals surface area contributed by atoms with Gasteiger partial charge >= 0.3 is 0 Å². The fraction of sp³-hybridized carbons (Fsp3) is 0.500. The first-order valence-corrected chi connectivity index (χ1v) is 15.1. The number of carbonyl (C=O) groups is 3. The molecule has 1 atom stereocenters. The Hall–Kier alpha value is -3.08. The van der Waals surface area contributed by atoms with Gasteiger partial charge in [-0.25, -0.2) is 4.31 Å². The Morgan fingerprint density at radius 2 is 1.60 bits per heavy atom. The van der Waals surface area contributed by atoms with Gasteiger partial charge < -0.3 is 25.6 Å². The van der Waals surface area contributed by atoms with Gasteiger partial charge in [0.15, 0.2) is 0 Å². The van der Waals surface area contributed by atoms with Crippen LogP contribution in [0.2, 0.25) is 0 Å². The van der Waals surface area contributed by atoms with E-state index in [4.69, 9.17) is 0 Å². The molecular weight excluding hydrogens is 524 g/mol. The van der Waals surface area contributed by atoms with Crippen LogP contribution in [-0.2, 0) is 11.3 Å². The zero-order chi connectivity index (χ0) is 28.3. The molecule has 0 unspecified atom stereocenters. The highest BCUT2D eigenvalue weighted by Crippen LogP contribution is 2.28. The summed E-state index contributed by atoms with van der Waals surface area (Å²) in [7, 11) is 1.96. The van der Waals surface area contributed by atoms with Crippen LogP contribution in [0.4, 0.5) is 5.69 Å². The lowest BCUT2D eigenvalue weighted by Gasteiger charge is -2.30. The van der Waals surface area contributed by atoms with E-state index in [9.17, 15) is 14.4 Å². The molecule has 0 radical (unpaired) electrons. The second-order valence-electron chi connectivity index (χ2n) is 10.6. The molecule has 4 N–H and O–H groups in total. The van der Waals surface area contributed by atoms with Crippen LogP contribution >= 0.6 is 12.1 Å². The van der Waals surface area contributed by atoms with Gasteiger partial charge in [0.05, 0.1) is 6.04 Å². The highest BCUT2D eigenvalue weighted by molar-refractivity contribution is 7.98. The largest absolute Gasteiger partial charge is 0.354 e. The van der Waals surface area contributed by atoms with Gasteiger partial charge in [0, 0.05) is 75.3 Å². The van der Waals surface area contributed by atoms with Crippen molar-refractivity contribution < 1.29 is 14.4 Å². The molecule has 1 heterocycles. The molecule has 10 heteroatoms. The number of piperidine rings is 1. The molecule has 2 aromatic carbocycles. The van der Waals surface area contributed by atoms with E-state index in [-0.39, 0.29) is 23.8 Å². The van der Waals surface area contributed by atoms with Crippen molar-refractivity contribution >= 4 is 35.5 Å². The van der Waals surface area contributed by atoms with Crippen LogP contribution in [0.1, 0.15) is 65.3 Å². The van der Waals surface area contributed by atoms with E-state index >= 15 is 0 Å². The zero-order valence-corrected chi connectivity index (χ0v) is 24.4. The van der Waals surface area contributed by atoms with Crippen LogP contribution in [0.25, 0.3) is 0 Å². The van der Waals surface area contributed by atoms with Crippen LogP contribution in [0, 0.1) is 5.92 Å². The van der Waals surface area contributed by atoms with Crippen molar-refractivity contribution in [3.63, 3.8) is 0 Å². The summed E-state index contributed by atoms with van der Waals surface area (Å²) >= 11 is 1.62. The van der Waals surface area contributed by atoms with Crippen molar-refractivity contribution in [1.82, 2.24) is 25.6 Å². The van der Waals surface area contributed by atoms with Crippen LogP contribution in [0.15, 0.2) is 48.5 Å². The molecular formula is C30H42N6O3S. The van der Waals surface area contributed by atoms with Gasteiger partial charge in [-0.15, -0.1) is 0 Å². The minimum absolute atomic E-state index is 0.0219. The Kier molecular flexibility index (Phi) is 11.3. The predicted molar refractivity (Wildman–Crippen MR) is 161 cm³/mol. The van der Waals surface area contributed by atoms with Gasteiger partial charge in [-0.3, -0.25) is 14.4 Å². The fourth-order valence-electron chi connectivity index (χ4n) is 4.48. The fourth-order valence-corrected chi connectivity index (χ4v) is 5.45.